The molecule has 0 aliphatic rings. The average molecular weight is 305 g/mol. The molecule has 0 fully saturated rings. The normalized spacial score (nSPS) is 12.2. The second-order valence-electron chi connectivity index (χ2n) is 5.89. The second-order valence-corrected chi connectivity index (χ2v) is 5.89. The highest BCUT2D eigenvalue weighted by Crippen LogP contribution is 2.20. The van der Waals surface area contributed by atoms with Crippen LogP contribution in [-0.4, -0.2) is 9.78 Å². The third-order valence-electron chi connectivity index (χ3n) is 4.08. The van der Waals surface area contributed by atoms with Gasteiger partial charge in [-0.1, -0.05) is 60.7 Å². The Morgan fingerprint density at radius 2 is 1.65 bits per heavy atom. The lowest BCUT2D eigenvalue weighted by atomic mass is 9.99. The first kappa shape index (κ1) is 15.5. The summed E-state index contributed by atoms with van der Waals surface area (Å²) in [6.45, 7) is 0.836. The zero-order chi connectivity index (χ0) is 15.9. The zero-order valence-corrected chi connectivity index (χ0v) is 13.5. The monoisotopic (exact) mass is 305 g/mol. The predicted octanol–water partition coefficient (Wildman–Crippen LogP) is 3.88. The van der Waals surface area contributed by atoms with Crippen molar-refractivity contribution in [2.24, 2.45) is 7.05 Å². The Bertz CT molecular complexity index is 704. The van der Waals surface area contributed by atoms with Gasteiger partial charge in [-0.05, 0) is 24.0 Å². The van der Waals surface area contributed by atoms with Crippen LogP contribution in [-0.2, 0) is 20.0 Å². The molecule has 1 heterocycles. The van der Waals surface area contributed by atoms with Crippen LogP contribution in [0, 0.1) is 0 Å². The van der Waals surface area contributed by atoms with E-state index in [0.29, 0.717) is 6.04 Å². The molecule has 0 saturated carbocycles. The number of aryl methyl sites for hydroxylation is 2. The van der Waals surface area contributed by atoms with Crippen molar-refractivity contribution in [3.8, 4) is 0 Å². The van der Waals surface area contributed by atoms with Crippen molar-refractivity contribution in [2.75, 3.05) is 0 Å². The molecule has 0 saturated heterocycles. The minimum Gasteiger partial charge on any atom is -0.306 e. The first-order chi connectivity index (χ1) is 11.3. The highest BCUT2D eigenvalue weighted by molar-refractivity contribution is 5.21. The summed E-state index contributed by atoms with van der Waals surface area (Å²) in [5.74, 6) is 0. The van der Waals surface area contributed by atoms with E-state index in [-0.39, 0.29) is 0 Å². The third-order valence-corrected chi connectivity index (χ3v) is 4.08. The summed E-state index contributed by atoms with van der Waals surface area (Å²) in [6, 6.07) is 21.7. The summed E-state index contributed by atoms with van der Waals surface area (Å²) >= 11 is 0. The van der Waals surface area contributed by atoms with E-state index in [9.17, 15) is 0 Å². The lowest BCUT2D eigenvalue weighted by Crippen LogP contribution is -2.21. The third kappa shape index (κ3) is 4.54. The van der Waals surface area contributed by atoms with Crippen molar-refractivity contribution in [1.82, 2.24) is 15.1 Å². The number of rotatable bonds is 7. The fraction of sp³-hybridized carbons (Fsp3) is 0.250. The molecule has 23 heavy (non-hydrogen) atoms. The first-order valence-corrected chi connectivity index (χ1v) is 8.11. The molecule has 0 aliphatic heterocycles. The van der Waals surface area contributed by atoms with Crippen LogP contribution in [0.25, 0.3) is 0 Å². The molecule has 2 aromatic carbocycles. The molecule has 3 rings (SSSR count). The summed E-state index contributed by atoms with van der Waals surface area (Å²) in [6.07, 6.45) is 6.13. The highest BCUT2D eigenvalue weighted by atomic mass is 15.2. The maximum atomic E-state index is 4.24. The molecule has 0 spiro atoms. The Morgan fingerprint density at radius 1 is 0.957 bits per heavy atom. The first-order valence-electron chi connectivity index (χ1n) is 8.11. The van der Waals surface area contributed by atoms with E-state index in [1.54, 1.807) is 0 Å². The second kappa shape index (κ2) is 7.75. The number of nitrogens with zero attached hydrogens (tertiary/aromatic N) is 2. The van der Waals surface area contributed by atoms with Crippen LogP contribution in [0.1, 0.15) is 29.2 Å². The van der Waals surface area contributed by atoms with Gasteiger partial charge in [-0.15, -0.1) is 0 Å². The molecule has 0 aliphatic carbocycles. The molecule has 1 N–H and O–H groups in total. The van der Waals surface area contributed by atoms with E-state index in [4.69, 9.17) is 0 Å². The molecule has 0 radical (unpaired) electrons. The van der Waals surface area contributed by atoms with Crippen molar-refractivity contribution in [1.29, 1.82) is 0 Å². The summed E-state index contributed by atoms with van der Waals surface area (Å²) in [7, 11) is 1.95. The Hall–Kier alpha value is -2.39. The van der Waals surface area contributed by atoms with Crippen LogP contribution in [0.4, 0.5) is 0 Å². The minimum atomic E-state index is 0.344. The number of hydrogen-bond acceptors (Lipinski definition) is 2. The van der Waals surface area contributed by atoms with Gasteiger partial charge in [0, 0.05) is 31.4 Å². The minimum absolute atomic E-state index is 0.344. The van der Waals surface area contributed by atoms with Crippen LogP contribution in [0.5, 0.6) is 0 Å². The smallest absolute Gasteiger partial charge is 0.0534 e. The summed E-state index contributed by atoms with van der Waals surface area (Å²) in [5.41, 5.74) is 3.94. The van der Waals surface area contributed by atoms with Crippen molar-refractivity contribution in [3.63, 3.8) is 0 Å². The average Bonchev–Trinajstić information content (AvgIpc) is 3.02. The predicted molar refractivity (Wildman–Crippen MR) is 94.0 cm³/mol. The van der Waals surface area contributed by atoms with E-state index in [1.807, 2.05) is 17.9 Å². The van der Waals surface area contributed by atoms with E-state index in [2.05, 4.69) is 77.3 Å². The van der Waals surface area contributed by atoms with Gasteiger partial charge in [0.15, 0.2) is 0 Å². The van der Waals surface area contributed by atoms with Crippen LogP contribution in [0.3, 0.4) is 0 Å². The molecule has 118 valence electrons. The van der Waals surface area contributed by atoms with Crippen LogP contribution in [0.2, 0.25) is 0 Å². The lowest BCUT2D eigenvalue weighted by Gasteiger charge is -2.19. The summed E-state index contributed by atoms with van der Waals surface area (Å²) in [4.78, 5) is 0. The molecule has 0 amide bonds. The van der Waals surface area contributed by atoms with E-state index < -0.39 is 0 Å². The maximum absolute atomic E-state index is 4.24. The molecular weight excluding hydrogens is 282 g/mol. The Kier molecular flexibility index (Phi) is 5.22. The van der Waals surface area contributed by atoms with Gasteiger partial charge >= 0.3 is 0 Å². The molecule has 3 nitrogen and oxygen atoms in total. The fourth-order valence-electron chi connectivity index (χ4n) is 2.83. The molecule has 3 heteroatoms. The van der Waals surface area contributed by atoms with Crippen LogP contribution >= 0.6 is 0 Å². The molecule has 1 aromatic heterocycles. The topological polar surface area (TPSA) is 29.9 Å². The molecule has 0 bridgehead atoms. The van der Waals surface area contributed by atoms with Crippen LogP contribution in [0.15, 0.2) is 73.1 Å². The SMILES string of the molecule is Cn1cc(CNC(CCc2ccccc2)c2ccccc2)cn1. The van der Waals surface area contributed by atoms with Gasteiger partial charge in [0.25, 0.3) is 0 Å². The summed E-state index contributed by atoms with van der Waals surface area (Å²) in [5, 5.41) is 7.92. The van der Waals surface area contributed by atoms with Crippen LogP contribution < -0.4 is 5.32 Å². The van der Waals surface area contributed by atoms with Crippen molar-refractivity contribution < 1.29 is 0 Å². The zero-order valence-electron chi connectivity index (χ0n) is 13.5. The Labute approximate surface area is 138 Å². The number of hydrogen-bond donors (Lipinski definition) is 1. The largest absolute Gasteiger partial charge is 0.306 e. The van der Waals surface area contributed by atoms with Gasteiger partial charge in [0.05, 0.1) is 6.20 Å². The molecule has 1 atom stereocenters. The summed E-state index contributed by atoms with van der Waals surface area (Å²) < 4.78 is 1.85. The Morgan fingerprint density at radius 3 is 2.30 bits per heavy atom. The van der Waals surface area contributed by atoms with Gasteiger partial charge in [-0.3, -0.25) is 4.68 Å². The molecular formula is C20H23N3. The van der Waals surface area contributed by atoms with Crippen molar-refractivity contribution in [2.45, 2.75) is 25.4 Å². The fourth-order valence-corrected chi connectivity index (χ4v) is 2.83. The van der Waals surface area contributed by atoms with E-state index in [0.717, 1.165) is 19.4 Å². The number of nitrogens with one attached hydrogen (secondary N) is 1. The molecule has 1 unspecified atom stereocenters. The lowest BCUT2D eigenvalue weighted by molar-refractivity contribution is 0.499. The van der Waals surface area contributed by atoms with Crippen molar-refractivity contribution >= 4 is 0 Å². The highest BCUT2D eigenvalue weighted by Gasteiger charge is 2.11. The maximum Gasteiger partial charge on any atom is 0.0534 e. The van der Waals surface area contributed by atoms with Gasteiger partial charge < -0.3 is 5.32 Å². The quantitative estimate of drug-likeness (QED) is 0.718. The Balaban J connectivity index is 1.66. The van der Waals surface area contributed by atoms with E-state index in [1.165, 1.54) is 16.7 Å². The van der Waals surface area contributed by atoms with Gasteiger partial charge in [-0.25, -0.2) is 0 Å². The standard InChI is InChI=1S/C20H23N3/c1-23-16-18(15-22-23)14-21-20(19-10-6-3-7-11-19)13-12-17-8-4-2-5-9-17/h2-11,15-16,20-21H,12-14H2,1H3. The number of aromatic nitrogens is 2. The van der Waals surface area contributed by atoms with Gasteiger partial charge in [0.2, 0.25) is 0 Å². The van der Waals surface area contributed by atoms with Gasteiger partial charge in [-0.2, -0.15) is 5.10 Å². The van der Waals surface area contributed by atoms with E-state index >= 15 is 0 Å². The molecule has 3 aromatic rings. The number of benzene rings is 2. The van der Waals surface area contributed by atoms with Gasteiger partial charge in [0.1, 0.15) is 0 Å². The van der Waals surface area contributed by atoms with Crippen molar-refractivity contribution in [3.05, 3.63) is 89.7 Å².